The normalized spacial score (nSPS) is 20.9. The number of rotatable bonds is 6. The third-order valence-corrected chi connectivity index (χ3v) is 4.62. The SMILES string of the molecule is CC1(OCC(=O)N(Cc2cccs2)C2CC2)CNC1. The highest BCUT2D eigenvalue weighted by molar-refractivity contribution is 7.09. The zero-order chi connectivity index (χ0) is 13.3. The Balaban J connectivity index is 1.55. The van der Waals surface area contributed by atoms with Gasteiger partial charge in [-0.25, -0.2) is 0 Å². The molecule has 0 bridgehead atoms. The molecule has 2 heterocycles. The van der Waals surface area contributed by atoms with E-state index in [9.17, 15) is 4.79 Å². The minimum Gasteiger partial charge on any atom is -0.363 e. The van der Waals surface area contributed by atoms with Gasteiger partial charge in [0.15, 0.2) is 0 Å². The van der Waals surface area contributed by atoms with Gasteiger partial charge in [-0.3, -0.25) is 4.79 Å². The van der Waals surface area contributed by atoms with E-state index in [1.54, 1.807) is 11.3 Å². The van der Waals surface area contributed by atoms with Gasteiger partial charge in [-0.1, -0.05) is 6.07 Å². The van der Waals surface area contributed by atoms with E-state index in [1.165, 1.54) is 4.88 Å². The Morgan fingerprint density at radius 3 is 2.89 bits per heavy atom. The third-order valence-electron chi connectivity index (χ3n) is 3.76. The van der Waals surface area contributed by atoms with Crippen LogP contribution in [-0.2, 0) is 16.1 Å². The molecule has 19 heavy (non-hydrogen) atoms. The Kier molecular flexibility index (Phi) is 3.60. The topological polar surface area (TPSA) is 41.6 Å². The average Bonchev–Trinajstić information content (AvgIpc) is 3.08. The Bertz CT molecular complexity index is 438. The zero-order valence-electron chi connectivity index (χ0n) is 11.2. The Morgan fingerprint density at radius 2 is 2.37 bits per heavy atom. The first-order valence-electron chi connectivity index (χ1n) is 6.83. The molecule has 2 fully saturated rings. The van der Waals surface area contributed by atoms with Gasteiger partial charge in [-0.2, -0.15) is 0 Å². The lowest BCUT2D eigenvalue weighted by atomic mass is 10.0. The summed E-state index contributed by atoms with van der Waals surface area (Å²) in [6.07, 6.45) is 2.27. The van der Waals surface area contributed by atoms with E-state index in [4.69, 9.17) is 4.74 Å². The average molecular weight is 280 g/mol. The van der Waals surface area contributed by atoms with Crippen LogP contribution in [0.5, 0.6) is 0 Å². The molecule has 4 nitrogen and oxygen atoms in total. The lowest BCUT2D eigenvalue weighted by molar-refractivity contribution is -0.147. The van der Waals surface area contributed by atoms with E-state index < -0.39 is 0 Å². The number of hydrogen-bond acceptors (Lipinski definition) is 4. The molecule has 1 N–H and O–H groups in total. The van der Waals surface area contributed by atoms with Crippen LogP contribution in [0.3, 0.4) is 0 Å². The predicted octanol–water partition coefficient (Wildman–Crippen LogP) is 1.62. The molecule has 0 aromatic carbocycles. The van der Waals surface area contributed by atoms with Crippen molar-refractivity contribution in [2.24, 2.45) is 0 Å². The molecule has 0 radical (unpaired) electrons. The maximum Gasteiger partial charge on any atom is 0.249 e. The van der Waals surface area contributed by atoms with Crippen molar-refractivity contribution in [1.29, 1.82) is 0 Å². The fourth-order valence-corrected chi connectivity index (χ4v) is 2.98. The van der Waals surface area contributed by atoms with E-state index in [1.807, 2.05) is 11.0 Å². The minimum atomic E-state index is -0.145. The molecular weight excluding hydrogens is 260 g/mol. The highest BCUT2D eigenvalue weighted by Gasteiger charge is 2.36. The van der Waals surface area contributed by atoms with Gasteiger partial charge >= 0.3 is 0 Å². The number of nitrogens with one attached hydrogen (secondary N) is 1. The molecule has 3 rings (SSSR count). The van der Waals surface area contributed by atoms with Crippen molar-refractivity contribution in [2.45, 2.75) is 38.0 Å². The van der Waals surface area contributed by atoms with E-state index >= 15 is 0 Å². The van der Waals surface area contributed by atoms with Gasteiger partial charge in [-0.15, -0.1) is 11.3 Å². The highest BCUT2D eigenvalue weighted by atomic mass is 32.1. The molecule has 1 saturated carbocycles. The van der Waals surface area contributed by atoms with Gasteiger partial charge in [0.05, 0.1) is 12.1 Å². The molecule has 1 aliphatic heterocycles. The first-order chi connectivity index (χ1) is 9.16. The van der Waals surface area contributed by atoms with Gasteiger partial charge in [0, 0.05) is 24.0 Å². The monoisotopic (exact) mass is 280 g/mol. The number of carbonyl (C=O) groups is 1. The van der Waals surface area contributed by atoms with Gasteiger partial charge < -0.3 is 15.0 Å². The molecule has 0 atom stereocenters. The predicted molar refractivity (Wildman–Crippen MR) is 75.1 cm³/mol. The Labute approximate surface area is 117 Å². The zero-order valence-corrected chi connectivity index (χ0v) is 12.0. The Hall–Kier alpha value is -0.910. The first kappa shape index (κ1) is 13.1. The van der Waals surface area contributed by atoms with Crippen LogP contribution in [0.15, 0.2) is 17.5 Å². The van der Waals surface area contributed by atoms with E-state index in [0.29, 0.717) is 6.04 Å². The minimum absolute atomic E-state index is 0.129. The number of thiophene rings is 1. The maximum absolute atomic E-state index is 12.3. The molecule has 1 aromatic heterocycles. The van der Waals surface area contributed by atoms with Gasteiger partial charge in [0.2, 0.25) is 5.91 Å². The van der Waals surface area contributed by atoms with Crippen LogP contribution in [-0.4, -0.2) is 42.1 Å². The van der Waals surface area contributed by atoms with Crippen molar-refractivity contribution < 1.29 is 9.53 Å². The lowest BCUT2D eigenvalue weighted by Crippen LogP contribution is -2.59. The number of carbonyl (C=O) groups excluding carboxylic acids is 1. The molecule has 0 spiro atoms. The van der Waals surface area contributed by atoms with E-state index in [0.717, 1.165) is 32.5 Å². The van der Waals surface area contributed by atoms with Crippen molar-refractivity contribution in [3.63, 3.8) is 0 Å². The molecular formula is C14H20N2O2S. The summed E-state index contributed by atoms with van der Waals surface area (Å²) in [5.74, 6) is 0.129. The second-order valence-corrected chi connectivity index (χ2v) is 6.71. The molecule has 1 amide bonds. The molecule has 2 aliphatic rings. The van der Waals surface area contributed by atoms with Gasteiger partial charge in [0.25, 0.3) is 0 Å². The molecule has 1 saturated heterocycles. The second kappa shape index (κ2) is 5.23. The third kappa shape index (κ3) is 3.16. The molecule has 1 aromatic rings. The standard InChI is InChI=1S/C14H20N2O2S/c1-14(9-15-10-14)18-8-13(17)16(11-4-5-11)7-12-3-2-6-19-12/h2-3,6,11,15H,4-5,7-10H2,1H3. The quantitative estimate of drug-likeness (QED) is 0.861. The van der Waals surface area contributed by atoms with Gasteiger partial charge in [0.1, 0.15) is 6.61 Å². The second-order valence-electron chi connectivity index (χ2n) is 5.67. The Morgan fingerprint density at radius 1 is 1.58 bits per heavy atom. The largest absolute Gasteiger partial charge is 0.363 e. The summed E-state index contributed by atoms with van der Waals surface area (Å²) in [5.41, 5.74) is -0.145. The molecule has 0 unspecified atom stereocenters. The number of nitrogens with zero attached hydrogens (tertiary/aromatic N) is 1. The summed E-state index contributed by atoms with van der Waals surface area (Å²) >= 11 is 1.71. The van der Waals surface area contributed by atoms with Crippen LogP contribution in [0.25, 0.3) is 0 Å². The summed E-state index contributed by atoms with van der Waals surface area (Å²) in [7, 11) is 0. The van der Waals surface area contributed by atoms with Crippen LogP contribution in [0.2, 0.25) is 0 Å². The van der Waals surface area contributed by atoms with Crippen LogP contribution in [0.1, 0.15) is 24.6 Å². The van der Waals surface area contributed by atoms with Crippen LogP contribution in [0.4, 0.5) is 0 Å². The fraction of sp³-hybridized carbons (Fsp3) is 0.643. The maximum atomic E-state index is 12.3. The van der Waals surface area contributed by atoms with Crippen LogP contribution >= 0.6 is 11.3 Å². The fourth-order valence-electron chi connectivity index (χ4n) is 2.28. The van der Waals surface area contributed by atoms with Crippen molar-refractivity contribution in [2.75, 3.05) is 19.7 Å². The summed E-state index contributed by atoms with van der Waals surface area (Å²) in [6.45, 7) is 4.68. The van der Waals surface area contributed by atoms with Crippen LogP contribution in [0, 0.1) is 0 Å². The van der Waals surface area contributed by atoms with Crippen molar-refractivity contribution in [1.82, 2.24) is 10.2 Å². The van der Waals surface area contributed by atoms with Crippen molar-refractivity contribution in [3.05, 3.63) is 22.4 Å². The summed E-state index contributed by atoms with van der Waals surface area (Å²) in [5, 5.41) is 5.24. The number of ether oxygens (including phenoxy) is 1. The number of amides is 1. The summed E-state index contributed by atoms with van der Waals surface area (Å²) < 4.78 is 5.76. The molecule has 5 heteroatoms. The summed E-state index contributed by atoms with van der Waals surface area (Å²) in [6, 6.07) is 4.56. The van der Waals surface area contributed by atoms with Crippen LogP contribution < -0.4 is 5.32 Å². The van der Waals surface area contributed by atoms with E-state index in [-0.39, 0.29) is 18.1 Å². The summed E-state index contributed by atoms with van der Waals surface area (Å²) in [4.78, 5) is 15.6. The highest BCUT2D eigenvalue weighted by Crippen LogP contribution is 2.29. The molecule has 1 aliphatic carbocycles. The lowest BCUT2D eigenvalue weighted by Gasteiger charge is -2.39. The van der Waals surface area contributed by atoms with E-state index in [2.05, 4.69) is 23.7 Å². The number of hydrogen-bond donors (Lipinski definition) is 1. The first-order valence-corrected chi connectivity index (χ1v) is 7.71. The van der Waals surface area contributed by atoms with Crippen molar-refractivity contribution >= 4 is 17.2 Å². The smallest absolute Gasteiger partial charge is 0.249 e. The van der Waals surface area contributed by atoms with Crippen molar-refractivity contribution in [3.8, 4) is 0 Å². The van der Waals surface area contributed by atoms with Gasteiger partial charge in [-0.05, 0) is 31.2 Å². The molecule has 104 valence electrons.